The van der Waals surface area contributed by atoms with E-state index in [0.717, 1.165) is 11.8 Å². The van der Waals surface area contributed by atoms with Gasteiger partial charge in [0.25, 0.3) is 0 Å². The Morgan fingerprint density at radius 2 is 2.25 bits per heavy atom. The van der Waals surface area contributed by atoms with Gasteiger partial charge in [0.05, 0.1) is 0 Å². The van der Waals surface area contributed by atoms with Gasteiger partial charge in [-0.3, -0.25) is 0 Å². The van der Waals surface area contributed by atoms with E-state index in [1.54, 1.807) is 0 Å². The largest absolute Gasteiger partial charge is 0.0864 e. The third kappa shape index (κ3) is 1.24. The van der Waals surface area contributed by atoms with Crippen molar-refractivity contribution >= 4 is 22.6 Å². The molecule has 1 rings (SSSR count). The zero-order valence-electron chi connectivity index (χ0n) is 5.10. The van der Waals surface area contributed by atoms with Crippen LogP contribution in [0, 0.1) is 11.8 Å². The molecular formula is C7H11I. The van der Waals surface area contributed by atoms with E-state index >= 15 is 0 Å². The van der Waals surface area contributed by atoms with Gasteiger partial charge in [-0.2, -0.15) is 0 Å². The standard InChI is InChI=1S/C7H11I/c1-6-2-3-7(6)4-5-8/h2-3,6-7H,4-5H2,1H3. The third-order valence-corrected chi connectivity index (χ3v) is 2.40. The molecule has 0 bridgehead atoms. The number of halogens is 1. The highest BCUT2D eigenvalue weighted by atomic mass is 127. The van der Waals surface area contributed by atoms with E-state index in [4.69, 9.17) is 0 Å². The van der Waals surface area contributed by atoms with E-state index in [-0.39, 0.29) is 0 Å². The first-order valence-electron chi connectivity index (χ1n) is 3.09. The van der Waals surface area contributed by atoms with E-state index < -0.39 is 0 Å². The van der Waals surface area contributed by atoms with Gasteiger partial charge in [-0.1, -0.05) is 41.7 Å². The van der Waals surface area contributed by atoms with Gasteiger partial charge in [-0.25, -0.2) is 0 Å². The summed E-state index contributed by atoms with van der Waals surface area (Å²) in [5.41, 5.74) is 0. The fraction of sp³-hybridized carbons (Fsp3) is 0.714. The monoisotopic (exact) mass is 222 g/mol. The lowest BCUT2D eigenvalue weighted by molar-refractivity contribution is 0.452. The van der Waals surface area contributed by atoms with Crippen LogP contribution in [0.1, 0.15) is 13.3 Å². The van der Waals surface area contributed by atoms with Gasteiger partial charge in [-0.05, 0) is 18.3 Å². The molecule has 0 saturated heterocycles. The molecule has 0 amide bonds. The molecule has 1 aliphatic rings. The normalized spacial score (nSPS) is 34.8. The van der Waals surface area contributed by atoms with E-state index in [1.165, 1.54) is 10.8 Å². The van der Waals surface area contributed by atoms with Crippen LogP contribution in [0.5, 0.6) is 0 Å². The highest BCUT2D eigenvalue weighted by Crippen LogP contribution is 2.27. The molecule has 0 heterocycles. The minimum absolute atomic E-state index is 0.866. The van der Waals surface area contributed by atoms with Gasteiger partial charge in [0.2, 0.25) is 0 Å². The molecule has 1 heteroatoms. The SMILES string of the molecule is CC1C=CC1CCI. The molecule has 46 valence electrons. The quantitative estimate of drug-likeness (QED) is 0.382. The summed E-state index contributed by atoms with van der Waals surface area (Å²) in [7, 11) is 0. The van der Waals surface area contributed by atoms with E-state index in [2.05, 4.69) is 41.7 Å². The number of hydrogen-bond donors (Lipinski definition) is 0. The molecule has 2 atom stereocenters. The molecule has 0 saturated carbocycles. The second-order valence-corrected chi connectivity index (χ2v) is 3.46. The van der Waals surface area contributed by atoms with Gasteiger partial charge in [-0.15, -0.1) is 0 Å². The fourth-order valence-corrected chi connectivity index (χ4v) is 1.69. The lowest BCUT2D eigenvalue weighted by atomic mass is 9.82. The van der Waals surface area contributed by atoms with E-state index in [1.807, 2.05) is 0 Å². The van der Waals surface area contributed by atoms with Crippen LogP contribution in [-0.4, -0.2) is 4.43 Å². The van der Waals surface area contributed by atoms with Gasteiger partial charge in [0, 0.05) is 4.43 Å². The van der Waals surface area contributed by atoms with E-state index in [0.29, 0.717) is 0 Å². The van der Waals surface area contributed by atoms with Gasteiger partial charge < -0.3 is 0 Å². The highest BCUT2D eigenvalue weighted by molar-refractivity contribution is 14.1. The van der Waals surface area contributed by atoms with Crippen molar-refractivity contribution in [2.75, 3.05) is 4.43 Å². The topological polar surface area (TPSA) is 0 Å². The Morgan fingerprint density at radius 3 is 2.38 bits per heavy atom. The summed E-state index contributed by atoms with van der Waals surface area (Å²) in [5, 5.41) is 0. The average molecular weight is 222 g/mol. The Kier molecular flexibility index (Phi) is 2.35. The molecule has 0 spiro atoms. The average Bonchev–Trinajstić information content (AvgIpc) is 1.79. The molecule has 1 aliphatic carbocycles. The van der Waals surface area contributed by atoms with Crippen molar-refractivity contribution in [1.29, 1.82) is 0 Å². The maximum Gasteiger partial charge on any atom is 0.000109 e. The van der Waals surface area contributed by atoms with Crippen molar-refractivity contribution in [3.05, 3.63) is 12.2 Å². The summed E-state index contributed by atoms with van der Waals surface area (Å²) in [6, 6.07) is 0. The molecule has 0 aromatic heterocycles. The van der Waals surface area contributed by atoms with Gasteiger partial charge in [0.15, 0.2) is 0 Å². The second-order valence-electron chi connectivity index (χ2n) is 2.39. The maximum atomic E-state index is 2.44. The Bertz CT molecular complexity index is 96.6. The van der Waals surface area contributed by atoms with Crippen LogP contribution in [0.25, 0.3) is 0 Å². The predicted molar refractivity (Wildman–Crippen MR) is 45.3 cm³/mol. The molecule has 0 N–H and O–H groups in total. The first kappa shape index (κ1) is 6.59. The third-order valence-electron chi connectivity index (χ3n) is 1.78. The van der Waals surface area contributed by atoms with E-state index in [9.17, 15) is 0 Å². The molecule has 0 aromatic rings. The van der Waals surface area contributed by atoms with Crippen LogP contribution >= 0.6 is 22.6 Å². The summed E-state index contributed by atoms with van der Waals surface area (Å²) < 4.78 is 1.30. The van der Waals surface area contributed by atoms with Gasteiger partial charge >= 0.3 is 0 Å². The van der Waals surface area contributed by atoms with Crippen molar-refractivity contribution in [1.82, 2.24) is 0 Å². The predicted octanol–water partition coefficient (Wildman–Crippen LogP) is 2.63. The number of alkyl halides is 1. The lowest BCUT2D eigenvalue weighted by Crippen LogP contribution is -2.15. The zero-order valence-corrected chi connectivity index (χ0v) is 7.26. The minimum Gasteiger partial charge on any atom is -0.0864 e. The van der Waals surface area contributed by atoms with Crippen molar-refractivity contribution in [2.24, 2.45) is 11.8 Å². The number of rotatable bonds is 2. The summed E-state index contributed by atoms with van der Waals surface area (Å²) in [4.78, 5) is 0. The van der Waals surface area contributed by atoms with Gasteiger partial charge in [0.1, 0.15) is 0 Å². The second kappa shape index (κ2) is 2.85. The number of hydrogen-bond acceptors (Lipinski definition) is 0. The first-order chi connectivity index (χ1) is 3.84. The molecule has 0 radical (unpaired) electrons. The van der Waals surface area contributed by atoms with Crippen LogP contribution in [0.4, 0.5) is 0 Å². The molecule has 0 nitrogen and oxygen atoms in total. The molecule has 0 fully saturated rings. The summed E-state index contributed by atoms with van der Waals surface area (Å²) >= 11 is 2.44. The van der Waals surface area contributed by atoms with Crippen molar-refractivity contribution < 1.29 is 0 Å². The summed E-state index contributed by atoms with van der Waals surface area (Å²) in [5.74, 6) is 1.77. The van der Waals surface area contributed by atoms with Crippen LogP contribution in [0.3, 0.4) is 0 Å². The van der Waals surface area contributed by atoms with Crippen molar-refractivity contribution in [3.63, 3.8) is 0 Å². The Hall–Kier alpha value is 0.470. The zero-order chi connectivity index (χ0) is 5.98. The van der Waals surface area contributed by atoms with Crippen LogP contribution in [0.15, 0.2) is 12.2 Å². The van der Waals surface area contributed by atoms with Crippen LogP contribution in [-0.2, 0) is 0 Å². The first-order valence-corrected chi connectivity index (χ1v) is 4.61. The van der Waals surface area contributed by atoms with Crippen molar-refractivity contribution in [3.8, 4) is 0 Å². The minimum atomic E-state index is 0.866. The Morgan fingerprint density at radius 1 is 1.50 bits per heavy atom. The molecule has 2 unspecified atom stereocenters. The summed E-state index contributed by atoms with van der Waals surface area (Å²) in [6.07, 6.45) is 5.98. The smallest absolute Gasteiger partial charge is 0.000109 e. The molecular weight excluding hydrogens is 211 g/mol. The molecule has 8 heavy (non-hydrogen) atoms. The van der Waals surface area contributed by atoms with Crippen LogP contribution < -0.4 is 0 Å². The molecule has 0 aromatic carbocycles. The Labute approximate surface area is 64.5 Å². The maximum absolute atomic E-state index is 2.44. The van der Waals surface area contributed by atoms with Crippen molar-refractivity contribution in [2.45, 2.75) is 13.3 Å². The van der Waals surface area contributed by atoms with Crippen LogP contribution in [0.2, 0.25) is 0 Å². The highest BCUT2D eigenvalue weighted by Gasteiger charge is 2.17. The fourth-order valence-electron chi connectivity index (χ4n) is 0.976. The summed E-state index contributed by atoms with van der Waals surface area (Å²) in [6.45, 7) is 2.29. The number of allylic oxidation sites excluding steroid dienone is 2. The lowest BCUT2D eigenvalue weighted by Gasteiger charge is -2.24. The molecule has 0 aliphatic heterocycles. The Balaban J connectivity index is 2.20.